The maximum Gasteiger partial charge on any atom is 0.111 e. The fourth-order valence-electron chi connectivity index (χ4n) is 2.16. The zero-order chi connectivity index (χ0) is 13.4. The van der Waals surface area contributed by atoms with Crippen LogP contribution in [0, 0.1) is 12.3 Å². The second-order valence-corrected chi connectivity index (χ2v) is 7.43. The monoisotopic (exact) mass is 230 g/mol. The van der Waals surface area contributed by atoms with Crippen LogP contribution < -0.4 is 0 Å². The topological polar surface area (TPSA) is 0 Å². The predicted molar refractivity (Wildman–Crippen MR) is 80.6 cm³/mol. The van der Waals surface area contributed by atoms with Crippen molar-refractivity contribution < 1.29 is 0 Å². The lowest BCUT2D eigenvalue weighted by molar-refractivity contribution is 0.390. The van der Waals surface area contributed by atoms with Gasteiger partial charge in [-0.2, -0.15) is 0 Å². The molecule has 0 amide bonds. The van der Waals surface area contributed by atoms with E-state index in [2.05, 4.69) is 74.5 Å². The van der Waals surface area contributed by atoms with Gasteiger partial charge in [0.05, 0.1) is 0 Å². The highest BCUT2D eigenvalue weighted by Gasteiger charge is 2.27. The Morgan fingerprint density at radius 2 is 1.53 bits per heavy atom. The fourth-order valence-corrected chi connectivity index (χ4v) is 2.16. The first kappa shape index (κ1) is 14.3. The van der Waals surface area contributed by atoms with Crippen LogP contribution in [-0.4, -0.2) is 7.85 Å². The van der Waals surface area contributed by atoms with E-state index in [-0.39, 0.29) is 5.41 Å². The smallest absolute Gasteiger partial charge is 0.0603 e. The van der Waals surface area contributed by atoms with E-state index < -0.39 is 0 Å². The number of benzene rings is 1. The maximum atomic E-state index is 2.36. The van der Waals surface area contributed by atoms with Crippen molar-refractivity contribution in [2.75, 3.05) is 0 Å². The largest absolute Gasteiger partial charge is 0.111 e. The van der Waals surface area contributed by atoms with Gasteiger partial charge in [-0.1, -0.05) is 65.3 Å². The van der Waals surface area contributed by atoms with Crippen LogP contribution in [0.5, 0.6) is 0 Å². The molecular weight excluding hydrogens is 203 g/mol. The van der Waals surface area contributed by atoms with Crippen LogP contribution in [0.2, 0.25) is 0 Å². The zero-order valence-electron chi connectivity index (χ0n) is 12.8. The Kier molecular flexibility index (Phi) is 3.81. The molecule has 1 aromatic carbocycles. The molecule has 1 aromatic rings. The highest BCUT2D eigenvalue weighted by atomic mass is 14.3. The van der Waals surface area contributed by atoms with E-state index in [1.165, 1.54) is 16.7 Å². The van der Waals surface area contributed by atoms with Gasteiger partial charge < -0.3 is 0 Å². The van der Waals surface area contributed by atoms with Crippen molar-refractivity contribution in [2.24, 2.45) is 5.41 Å². The third-order valence-corrected chi connectivity index (χ3v) is 3.78. The van der Waals surface area contributed by atoms with Crippen molar-refractivity contribution >= 4 is 7.85 Å². The molecule has 0 saturated carbocycles. The molecule has 0 aliphatic carbocycles. The normalized spacial score (nSPS) is 14.8. The van der Waals surface area contributed by atoms with Gasteiger partial charge >= 0.3 is 0 Å². The molecule has 0 saturated heterocycles. The molecule has 0 radical (unpaired) electrons. The molecule has 0 nitrogen and oxygen atoms in total. The highest BCUT2D eigenvalue weighted by Crippen LogP contribution is 2.38. The first-order chi connectivity index (χ1) is 7.53. The van der Waals surface area contributed by atoms with Crippen LogP contribution in [0.1, 0.15) is 64.1 Å². The van der Waals surface area contributed by atoms with E-state index in [0.29, 0.717) is 11.2 Å². The van der Waals surface area contributed by atoms with Gasteiger partial charge in [-0.05, 0) is 34.7 Å². The van der Waals surface area contributed by atoms with Gasteiger partial charge in [-0.25, -0.2) is 0 Å². The summed E-state index contributed by atoms with van der Waals surface area (Å²) in [6.07, 6.45) is 0. The van der Waals surface area contributed by atoms with E-state index in [4.69, 9.17) is 0 Å². The lowest BCUT2D eigenvalue weighted by atomic mass is 9.62. The number of aryl methyl sites for hydroxylation is 1. The number of hydrogen-bond donors (Lipinski definition) is 0. The van der Waals surface area contributed by atoms with E-state index in [1.54, 1.807) is 0 Å². The van der Waals surface area contributed by atoms with Crippen molar-refractivity contribution in [3.05, 3.63) is 34.9 Å². The number of hydrogen-bond acceptors (Lipinski definition) is 0. The van der Waals surface area contributed by atoms with E-state index in [9.17, 15) is 0 Å². The van der Waals surface area contributed by atoms with Crippen LogP contribution in [0.25, 0.3) is 0 Å². The van der Waals surface area contributed by atoms with Gasteiger partial charge in [0.15, 0.2) is 0 Å². The SMILES string of the molecule is BC(c1ccc(C)cc1C(C)(C)C)C(C)(C)C. The van der Waals surface area contributed by atoms with E-state index in [1.807, 2.05) is 0 Å². The van der Waals surface area contributed by atoms with Crippen LogP contribution in [0.3, 0.4) is 0 Å². The molecule has 0 fully saturated rings. The summed E-state index contributed by atoms with van der Waals surface area (Å²) in [6.45, 7) is 16.1. The molecule has 1 atom stereocenters. The molecule has 0 bridgehead atoms. The maximum absolute atomic E-state index is 2.36. The molecule has 0 aliphatic rings. The van der Waals surface area contributed by atoms with Gasteiger partial charge in [0.1, 0.15) is 7.85 Å². The van der Waals surface area contributed by atoms with Crippen LogP contribution >= 0.6 is 0 Å². The Balaban J connectivity index is 3.34. The summed E-state index contributed by atoms with van der Waals surface area (Å²) in [4.78, 5) is 0. The lowest BCUT2D eigenvalue weighted by Crippen LogP contribution is -2.23. The van der Waals surface area contributed by atoms with E-state index in [0.717, 1.165) is 0 Å². The predicted octanol–water partition coefficient (Wildman–Crippen LogP) is 4.01. The third kappa shape index (κ3) is 3.37. The summed E-state index contributed by atoms with van der Waals surface area (Å²) in [6, 6.07) is 6.93. The average molecular weight is 230 g/mol. The first-order valence-electron chi connectivity index (χ1n) is 6.64. The van der Waals surface area contributed by atoms with Crippen molar-refractivity contribution in [1.29, 1.82) is 0 Å². The van der Waals surface area contributed by atoms with E-state index >= 15 is 0 Å². The molecular formula is C16H27B. The van der Waals surface area contributed by atoms with Crippen molar-refractivity contribution in [1.82, 2.24) is 0 Å². The molecule has 0 aliphatic heterocycles. The molecule has 0 aromatic heterocycles. The molecule has 0 heterocycles. The first-order valence-corrected chi connectivity index (χ1v) is 6.64. The van der Waals surface area contributed by atoms with Crippen molar-refractivity contribution in [2.45, 2.75) is 59.7 Å². The Bertz CT molecular complexity index is 391. The molecule has 0 N–H and O–H groups in total. The van der Waals surface area contributed by atoms with Gasteiger partial charge in [0.2, 0.25) is 0 Å². The summed E-state index contributed by atoms with van der Waals surface area (Å²) in [5.41, 5.74) is 4.91. The Morgan fingerprint density at radius 3 is 1.94 bits per heavy atom. The van der Waals surface area contributed by atoms with Crippen molar-refractivity contribution in [3.8, 4) is 0 Å². The summed E-state index contributed by atoms with van der Waals surface area (Å²) in [7, 11) is 2.35. The minimum absolute atomic E-state index is 0.223. The summed E-state index contributed by atoms with van der Waals surface area (Å²) in [5.74, 6) is 0.581. The highest BCUT2D eigenvalue weighted by molar-refractivity contribution is 6.13. The molecule has 1 unspecified atom stereocenters. The zero-order valence-corrected chi connectivity index (χ0v) is 12.8. The molecule has 0 spiro atoms. The molecule has 1 heteroatoms. The Hall–Kier alpha value is -0.715. The average Bonchev–Trinajstić information content (AvgIpc) is 2.14. The Morgan fingerprint density at radius 1 is 1.00 bits per heavy atom. The van der Waals surface area contributed by atoms with Gasteiger partial charge in [0.25, 0.3) is 0 Å². The minimum atomic E-state index is 0.223. The second-order valence-electron chi connectivity index (χ2n) is 7.43. The van der Waals surface area contributed by atoms with Gasteiger partial charge in [-0.15, -0.1) is 0 Å². The molecule has 1 rings (SSSR count). The second kappa shape index (κ2) is 4.51. The van der Waals surface area contributed by atoms with Crippen LogP contribution in [0.15, 0.2) is 18.2 Å². The van der Waals surface area contributed by atoms with Crippen LogP contribution in [0.4, 0.5) is 0 Å². The van der Waals surface area contributed by atoms with Gasteiger partial charge in [0, 0.05) is 0 Å². The standard InChI is InChI=1S/C16H27B/c1-11-8-9-12(14(17)16(5,6)7)13(10-11)15(2,3)4/h8-10,14H,17H2,1-7H3. The molecule has 17 heavy (non-hydrogen) atoms. The third-order valence-electron chi connectivity index (χ3n) is 3.78. The summed E-state index contributed by atoms with van der Waals surface area (Å²) >= 11 is 0. The minimum Gasteiger partial charge on any atom is -0.0603 e. The number of rotatable bonds is 1. The Labute approximate surface area is 108 Å². The van der Waals surface area contributed by atoms with Crippen LogP contribution in [-0.2, 0) is 5.41 Å². The fraction of sp³-hybridized carbons (Fsp3) is 0.625. The van der Waals surface area contributed by atoms with Crippen molar-refractivity contribution in [3.63, 3.8) is 0 Å². The molecule has 94 valence electrons. The summed E-state index contributed by atoms with van der Waals surface area (Å²) < 4.78 is 0. The summed E-state index contributed by atoms with van der Waals surface area (Å²) in [5, 5.41) is 0. The quantitative estimate of drug-likeness (QED) is 0.639. The lowest BCUT2D eigenvalue weighted by Gasteiger charge is -2.33. The van der Waals surface area contributed by atoms with Gasteiger partial charge in [-0.3, -0.25) is 0 Å².